The lowest BCUT2D eigenvalue weighted by Crippen LogP contribution is -2.50. The molecule has 35 heavy (non-hydrogen) atoms. The van der Waals surface area contributed by atoms with Crippen molar-refractivity contribution in [3.8, 4) is 17.6 Å². The first-order valence-corrected chi connectivity index (χ1v) is 13.2. The lowest BCUT2D eigenvalue weighted by molar-refractivity contribution is 0.0563. The Morgan fingerprint density at radius 3 is 2.66 bits per heavy atom. The van der Waals surface area contributed by atoms with E-state index >= 15 is 0 Å². The zero-order valence-electron chi connectivity index (χ0n) is 20.2. The van der Waals surface area contributed by atoms with Gasteiger partial charge in [-0.05, 0) is 50.1 Å². The number of amides is 1. The second-order valence-electron chi connectivity index (χ2n) is 9.37. The maximum absolute atomic E-state index is 13.6. The van der Waals surface area contributed by atoms with Gasteiger partial charge in [0.05, 0.1) is 13.2 Å². The average Bonchev–Trinajstić information content (AvgIpc) is 3.69. The van der Waals surface area contributed by atoms with Gasteiger partial charge in [-0.25, -0.2) is 8.42 Å². The number of sulfonamides is 1. The molecule has 1 aliphatic carbocycles. The quantitative estimate of drug-likeness (QED) is 0.637. The monoisotopic (exact) mass is 497 g/mol. The van der Waals surface area contributed by atoms with Crippen molar-refractivity contribution < 1.29 is 23.1 Å². The Kier molecular flexibility index (Phi) is 7.45. The number of rotatable bonds is 5. The Morgan fingerprint density at radius 1 is 1.29 bits per heavy atom. The van der Waals surface area contributed by atoms with Crippen molar-refractivity contribution in [1.82, 2.24) is 14.2 Å². The molecule has 0 saturated heterocycles. The molecule has 0 bridgehead atoms. The highest BCUT2D eigenvalue weighted by Crippen LogP contribution is 2.34. The van der Waals surface area contributed by atoms with Gasteiger partial charge in [-0.1, -0.05) is 18.8 Å². The third-order valence-corrected chi connectivity index (χ3v) is 8.41. The second-order valence-corrected chi connectivity index (χ2v) is 11.2. The number of hydrogen-bond donors (Lipinski definition) is 1. The molecule has 0 spiro atoms. The molecule has 3 atom stereocenters. The van der Waals surface area contributed by atoms with E-state index in [9.17, 15) is 18.3 Å². The predicted molar refractivity (Wildman–Crippen MR) is 131 cm³/mol. The van der Waals surface area contributed by atoms with E-state index in [0.717, 1.165) is 12.8 Å². The molecule has 0 unspecified atom stereocenters. The van der Waals surface area contributed by atoms with Crippen LogP contribution in [0.4, 0.5) is 0 Å². The fourth-order valence-corrected chi connectivity index (χ4v) is 5.83. The van der Waals surface area contributed by atoms with Crippen molar-refractivity contribution in [1.29, 1.82) is 0 Å². The molecule has 8 nitrogen and oxygen atoms in total. The number of nitrogens with zero attached hydrogens (tertiary/aromatic N) is 3. The summed E-state index contributed by atoms with van der Waals surface area (Å²) in [6.45, 7) is 3.66. The minimum Gasteiger partial charge on any atom is -0.487 e. The summed E-state index contributed by atoms with van der Waals surface area (Å²) in [4.78, 5) is 18.5. The molecule has 4 rings (SSSR count). The summed E-state index contributed by atoms with van der Waals surface area (Å²) in [7, 11) is -2.23. The summed E-state index contributed by atoms with van der Waals surface area (Å²) >= 11 is 0. The highest BCUT2D eigenvalue weighted by molar-refractivity contribution is 7.89. The number of carbonyl (C=O) groups excluding carboxylic acids is 1. The van der Waals surface area contributed by atoms with Crippen molar-refractivity contribution in [2.75, 3.05) is 26.7 Å². The lowest BCUT2D eigenvalue weighted by atomic mass is 10.0. The van der Waals surface area contributed by atoms with Crippen molar-refractivity contribution in [3.05, 3.63) is 53.9 Å². The number of carbonyl (C=O) groups is 1. The molecule has 1 aliphatic heterocycles. The lowest BCUT2D eigenvalue weighted by Gasteiger charge is -2.37. The fraction of sp³-hybridized carbons (Fsp3) is 0.462. The Hall–Kier alpha value is -2.93. The molecular formula is C26H31N3O5S. The van der Waals surface area contributed by atoms with Crippen LogP contribution in [0.3, 0.4) is 0 Å². The van der Waals surface area contributed by atoms with Crippen LogP contribution in [0.1, 0.15) is 42.6 Å². The summed E-state index contributed by atoms with van der Waals surface area (Å²) in [6.07, 6.45) is 4.83. The Labute approximate surface area is 207 Å². The maximum atomic E-state index is 13.6. The minimum atomic E-state index is -3.92. The van der Waals surface area contributed by atoms with Crippen LogP contribution in [0.2, 0.25) is 0 Å². The van der Waals surface area contributed by atoms with Gasteiger partial charge in [-0.3, -0.25) is 9.78 Å². The first kappa shape index (κ1) is 25.2. The molecule has 9 heteroatoms. The van der Waals surface area contributed by atoms with Crippen LogP contribution >= 0.6 is 0 Å². The van der Waals surface area contributed by atoms with E-state index in [4.69, 9.17) is 4.74 Å². The molecule has 186 valence electrons. The third-order valence-electron chi connectivity index (χ3n) is 6.39. The van der Waals surface area contributed by atoms with Crippen molar-refractivity contribution >= 4 is 15.9 Å². The Bertz CT molecular complexity index is 1230. The van der Waals surface area contributed by atoms with Gasteiger partial charge in [0, 0.05) is 55.0 Å². The van der Waals surface area contributed by atoms with Crippen molar-refractivity contribution in [2.45, 2.75) is 43.7 Å². The molecule has 1 amide bonds. The highest BCUT2D eigenvalue weighted by Gasteiger charge is 2.38. The molecule has 0 radical (unpaired) electrons. The highest BCUT2D eigenvalue weighted by atomic mass is 32.2. The standard InChI is InChI=1S/C26H31N3O5S/c1-18-15-29(19(2)17-30)35(32,33)25-9-8-21(7-6-20-4-5-20)14-23(25)34-24(18)16-28(3)26(31)22-10-12-27-13-11-22/h8-14,18-20,24,30H,4-5,15-17H2,1-3H3/t18-,19+,24+/m1/s1. The Balaban J connectivity index is 1.69. The van der Waals surface area contributed by atoms with Crippen LogP contribution in [0.15, 0.2) is 47.6 Å². The van der Waals surface area contributed by atoms with Gasteiger partial charge in [0.2, 0.25) is 10.0 Å². The maximum Gasteiger partial charge on any atom is 0.253 e. The zero-order chi connectivity index (χ0) is 25.2. The number of aliphatic hydroxyl groups excluding tert-OH is 1. The largest absolute Gasteiger partial charge is 0.487 e. The number of aliphatic hydroxyl groups is 1. The van der Waals surface area contributed by atoms with Gasteiger partial charge in [-0.2, -0.15) is 4.31 Å². The smallest absolute Gasteiger partial charge is 0.253 e. The number of likely N-dealkylation sites (N-methyl/N-ethyl adjacent to an activating group) is 1. The van der Waals surface area contributed by atoms with E-state index in [0.29, 0.717) is 17.0 Å². The number of aromatic nitrogens is 1. The molecular weight excluding hydrogens is 466 g/mol. The van der Waals surface area contributed by atoms with Crippen molar-refractivity contribution in [2.24, 2.45) is 11.8 Å². The minimum absolute atomic E-state index is 0.0368. The molecule has 2 aromatic rings. The summed E-state index contributed by atoms with van der Waals surface area (Å²) in [5, 5.41) is 9.78. The van der Waals surface area contributed by atoms with Gasteiger partial charge in [-0.15, -0.1) is 0 Å². The number of pyridine rings is 1. The molecule has 1 saturated carbocycles. The first-order chi connectivity index (χ1) is 16.7. The van der Waals surface area contributed by atoms with Crippen LogP contribution in [-0.4, -0.2) is 72.5 Å². The zero-order valence-corrected chi connectivity index (χ0v) is 21.0. The summed E-state index contributed by atoms with van der Waals surface area (Å²) in [5.41, 5.74) is 1.19. The summed E-state index contributed by atoms with van der Waals surface area (Å²) in [5.74, 6) is 6.49. The summed E-state index contributed by atoms with van der Waals surface area (Å²) < 4.78 is 34.8. The van der Waals surface area contributed by atoms with E-state index in [2.05, 4.69) is 16.8 Å². The van der Waals surface area contributed by atoms with E-state index < -0.39 is 22.2 Å². The molecule has 2 aliphatic rings. The fourth-order valence-electron chi connectivity index (χ4n) is 4.00. The van der Waals surface area contributed by atoms with Crippen LogP contribution in [-0.2, 0) is 10.0 Å². The normalized spacial score (nSPS) is 22.4. The topological polar surface area (TPSA) is 100 Å². The molecule has 1 N–H and O–H groups in total. The van der Waals surface area contributed by atoms with E-state index in [-0.39, 0.29) is 42.2 Å². The SMILES string of the molecule is C[C@@H]1CN([C@@H](C)CO)S(=O)(=O)c2ccc(C#CC3CC3)cc2O[C@H]1CN(C)C(=O)c1ccncc1. The van der Waals surface area contributed by atoms with Gasteiger partial charge >= 0.3 is 0 Å². The van der Waals surface area contributed by atoms with Gasteiger partial charge in [0.15, 0.2) is 0 Å². The second kappa shape index (κ2) is 10.4. The number of benzene rings is 1. The van der Waals surface area contributed by atoms with Gasteiger partial charge in [0.1, 0.15) is 16.7 Å². The first-order valence-electron chi connectivity index (χ1n) is 11.8. The van der Waals surface area contributed by atoms with Gasteiger partial charge in [0.25, 0.3) is 5.91 Å². The average molecular weight is 498 g/mol. The van der Waals surface area contributed by atoms with Crippen LogP contribution in [0.25, 0.3) is 0 Å². The Morgan fingerprint density at radius 2 is 2.00 bits per heavy atom. The van der Waals surface area contributed by atoms with E-state index in [1.807, 2.05) is 6.92 Å². The van der Waals surface area contributed by atoms with E-state index in [1.54, 1.807) is 55.5 Å². The molecule has 1 aromatic carbocycles. The molecule has 1 aromatic heterocycles. The number of fused-ring (bicyclic) bond motifs is 1. The predicted octanol–water partition coefficient (Wildman–Crippen LogP) is 2.38. The summed E-state index contributed by atoms with van der Waals surface area (Å²) in [6, 6.07) is 7.57. The number of hydrogen-bond acceptors (Lipinski definition) is 6. The van der Waals surface area contributed by atoms with Gasteiger partial charge < -0.3 is 14.7 Å². The molecule has 1 fully saturated rings. The molecule has 2 heterocycles. The van der Waals surface area contributed by atoms with Crippen molar-refractivity contribution in [3.63, 3.8) is 0 Å². The van der Waals surface area contributed by atoms with Crippen LogP contribution < -0.4 is 4.74 Å². The van der Waals surface area contributed by atoms with Crippen LogP contribution in [0, 0.1) is 23.7 Å². The number of ether oxygens (including phenoxy) is 1. The van der Waals surface area contributed by atoms with Crippen LogP contribution in [0.5, 0.6) is 5.75 Å². The van der Waals surface area contributed by atoms with E-state index in [1.165, 1.54) is 10.4 Å². The third kappa shape index (κ3) is 5.67.